The highest BCUT2D eigenvalue weighted by molar-refractivity contribution is 7.89. The van der Waals surface area contributed by atoms with Crippen LogP contribution >= 0.6 is 11.6 Å². The summed E-state index contributed by atoms with van der Waals surface area (Å²) in [7, 11) is -3.59. The number of sulfonamides is 1. The summed E-state index contributed by atoms with van der Waals surface area (Å²) in [6, 6.07) is 21.6. The minimum absolute atomic E-state index is 0.0298. The summed E-state index contributed by atoms with van der Waals surface area (Å²) >= 11 is 6.68. The van der Waals surface area contributed by atoms with Crippen molar-refractivity contribution in [1.29, 1.82) is 0 Å². The zero-order valence-corrected chi connectivity index (χ0v) is 23.3. The predicted molar refractivity (Wildman–Crippen MR) is 153 cm³/mol. The summed E-state index contributed by atoms with van der Waals surface area (Å²) in [5.74, 6) is 0.230. The van der Waals surface area contributed by atoms with Crippen LogP contribution in [0.5, 0.6) is 0 Å². The summed E-state index contributed by atoms with van der Waals surface area (Å²) in [5, 5.41) is 0.684. The van der Waals surface area contributed by atoms with E-state index in [0.29, 0.717) is 23.6 Å². The van der Waals surface area contributed by atoms with E-state index in [1.165, 1.54) is 11.1 Å². The maximum absolute atomic E-state index is 12.7. The number of rotatable bonds is 12. The van der Waals surface area contributed by atoms with Gasteiger partial charge in [0.15, 0.2) is 0 Å². The van der Waals surface area contributed by atoms with Gasteiger partial charge in [0.05, 0.1) is 23.3 Å². The molecule has 1 amide bonds. The molecule has 0 atom stereocenters. The Hall–Kier alpha value is -3.20. The number of hydrogen-bond donors (Lipinski definition) is 2. The first-order valence-corrected chi connectivity index (χ1v) is 14.9. The van der Waals surface area contributed by atoms with Crippen LogP contribution in [-0.4, -0.2) is 29.6 Å². The molecule has 0 aliphatic rings. The largest absolute Gasteiger partial charge is 0.324 e. The quantitative estimate of drug-likeness (QED) is 0.177. The number of aromatic nitrogens is 2. The molecule has 0 aliphatic heterocycles. The summed E-state index contributed by atoms with van der Waals surface area (Å²) in [6.45, 7) is 4.40. The van der Waals surface area contributed by atoms with E-state index >= 15 is 0 Å². The fourth-order valence-electron chi connectivity index (χ4n) is 4.35. The van der Waals surface area contributed by atoms with Crippen molar-refractivity contribution in [2.45, 2.75) is 52.5 Å². The van der Waals surface area contributed by atoms with Crippen molar-refractivity contribution in [3.63, 3.8) is 0 Å². The fourth-order valence-corrected chi connectivity index (χ4v) is 5.55. The molecule has 0 aliphatic carbocycles. The van der Waals surface area contributed by atoms with Crippen LogP contribution in [0.15, 0.2) is 66.7 Å². The molecule has 0 saturated heterocycles. The Morgan fingerprint density at radius 2 is 1.74 bits per heavy atom. The average molecular weight is 553 g/mol. The first kappa shape index (κ1) is 27.8. The van der Waals surface area contributed by atoms with Crippen molar-refractivity contribution in [3.05, 3.63) is 99.8 Å². The molecule has 4 aromatic rings. The van der Waals surface area contributed by atoms with Gasteiger partial charge in [0, 0.05) is 10.6 Å². The number of carbonyl (C=O) groups excluding carboxylic acids is 1. The second kappa shape index (κ2) is 12.6. The minimum atomic E-state index is -3.59. The number of carbonyl (C=O) groups is 1. The Labute approximate surface area is 229 Å². The maximum Gasteiger partial charge on any atom is 0.266 e. The van der Waals surface area contributed by atoms with E-state index in [0.717, 1.165) is 48.1 Å². The molecule has 2 N–H and O–H groups in total. The van der Waals surface area contributed by atoms with Crippen LogP contribution in [0.25, 0.3) is 11.0 Å². The van der Waals surface area contributed by atoms with E-state index in [9.17, 15) is 13.2 Å². The average Bonchev–Trinajstić information content (AvgIpc) is 3.22. The molecule has 0 spiro atoms. The van der Waals surface area contributed by atoms with Gasteiger partial charge in [-0.1, -0.05) is 73.8 Å². The summed E-state index contributed by atoms with van der Waals surface area (Å²) in [4.78, 5) is 19.5. The van der Waals surface area contributed by atoms with Crippen LogP contribution in [0.2, 0.25) is 5.02 Å². The van der Waals surface area contributed by atoms with Crippen molar-refractivity contribution in [2.24, 2.45) is 0 Å². The van der Waals surface area contributed by atoms with E-state index in [-0.39, 0.29) is 5.75 Å². The van der Waals surface area contributed by atoms with Crippen molar-refractivity contribution < 1.29 is 13.2 Å². The van der Waals surface area contributed by atoms with Gasteiger partial charge in [0.2, 0.25) is 10.0 Å². The molecule has 4 rings (SSSR count). The second-order valence-electron chi connectivity index (χ2n) is 9.44. The number of aryl methyl sites for hydroxylation is 3. The van der Waals surface area contributed by atoms with E-state index in [1.807, 2.05) is 48.7 Å². The van der Waals surface area contributed by atoms with Crippen LogP contribution < -0.4 is 10.3 Å². The van der Waals surface area contributed by atoms with E-state index in [1.54, 1.807) is 18.2 Å². The van der Waals surface area contributed by atoms with Crippen LogP contribution in [0.4, 0.5) is 0 Å². The maximum atomic E-state index is 12.7. The van der Waals surface area contributed by atoms with Gasteiger partial charge in [-0.15, -0.1) is 4.83 Å². The molecule has 0 unspecified atom stereocenters. The lowest BCUT2D eigenvalue weighted by Gasteiger charge is -2.12. The van der Waals surface area contributed by atoms with Gasteiger partial charge in [-0.25, -0.2) is 13.4 Å². The standard InChI is InChI=1S/C29H33ClN4O3S/c1-3-4-8-17-38(36,37)33-32-29(35)24-15-16-27-28(19-24)34(21(2)31-27)20-25-14-13-23(18-26(25)30)12-11-22-9-6-5-7-10-22/h5-7,9-10,13-16,18-19,33H,3-4,8,11-12,17,20H2,1-2H3,(H,32,35). The number of hydrogen-bond acceptors (Lipinski definition) is 4. The molecule has 0 bridgehead atoms. The molecule has 9 heteroatoms. The van der Waals surface area contributed by atoms with Crippen molar-refractivity contribution >= 4 is 38.6 Å². The van der Waals surface area contributed by atoms with Crippen LogP contribution in [0.1, 0.15) is 59.1 Å². The lowest BCUT2D eigenvalue weighted by atomic mass is 10.0. The van der Waals surface area contributed by atoms with E-state index < -0.39 is 15.9 Å². The lowest BCUT2D eigenvalue weighted by Crippen LogP contribution is -2.42. The highest BCUT2D eigenvalue weighted by Gasteiger charge is 2.16. The molecule has 38 heavy (non-hydrogen) atoms. The second-order valence-corrected chi connectivity index (χ2v) is 11.7. The number of halogens is 1. The zero-order valence-electron chi connectivity index (χ0n) is 21.7. The first-order valence-electron chi connectivity index (χ1n) is 12.8. The van der Waals surface area contributed by atoms with Crippen molar-refractivity contribution in [2.75, 3.05) is 5.75 Å². The number of hydrazine groups is 1. The van der Waals surface area contributed by atoms with Gasteiger partial charge < -0.3 is 4.57 Å². The summed E-state index contributed by atoms with van der Waals surface area (Å²) in [5.41, 5.74) is 7.58. The third kappa shape index (κ3) is 7.22. The molecule has 3 aromatic carbocycles. The van der Waals surface area contributed by atoms with Crippen LogP contribution in [-0.2, 0) is 29.4 Å². The van der Waals surface area contributed by atoms with Crippen LogP contribution in [0.3, 0.4) is 0 Å². The van der Waals surface area contributed by atoms with Gasteiger partial charge in [0.25, 0.3) is 5.91 Å². The third-order valence-electron chi connectivity index (χ3n) is 6.53. The van der Waals surface area contributed by atoms with Gasteiger partial charge in [-0.3, -0.25) is 10.2 Å². The van der Waals surface area contributed by atoms with Crippen LogP contribution in [0, 0.1) is 6.92 Å². The van der Waals surface area contributed by atoms with Gasteiger partial charge in [0.1, 0.15) is 5.82 Å². The van der Waals surface area contributed by atoms with Crippen molar-refractivity contribution in [3.8, 4) is 0 Å². The number of fused-ring (bicyclic) bond motifs is 1. The number of nitrogens with zero attached hydrogens (tertiary/aromatic N) is 2. The lowest BCUT2D eigenvalue weighted by molar-refractivity contribution is 0.0945. The highest BCUT2D eigenvalue weighted by Crippen LogP contribution is 2.24. The molecule has 7 nitrogen and oxygen atoms in total. The monoisotopic (exact) mass is 552 g/mol. The number of unbranched alkanes of at least 4 members (excludes halogenated alkanes) is 2. The Kier molecular flexibility index (Phi) is 9.20. The Bertz CT molecular complexity index is 1520. The molecule has 0 saturated carbocycles. The summed E-state index contributed by atoms with van der Waals surface area (Å²) < 4.78 is 26.3. The Morgan fingerprint density at radius 3 is 2.47 bits per heavy atom. The molecule has 200 valence electrons. The molecule has 0 fully saturated rings. The van der Waals surface area contributed by atoms with Crippen molar-refractivity contribution in [1.82, 2.24) is 19.8 Å². The third-order valence-corrected chi connectivity index (χ3v) is 8.12. The molecule has 1 aromatic heterocycles. The predicted octanol–water partition coefficient (Wildman–Crippen LogP) is 5.59. The smallest absolute Gasteiger partial charge is 0.266 e. The Balaban J connectivity index is 1.47. The summed E-state index contributed by atoms with van der Waals surface area (Å²) in [6.07, 6.45) is 4.12. The molecular weight excluding hydrogens is 520 g/mol. The molecule has 0 radical (unpaired) electrons. The first-order chi connectivity index (χ1) is 18.3. The van der Waals surface area contributed by atoms with Gasteiger partial charge >= 0.3 is 0 Å². The Morgan fingerprint density at radius 1 is 0.974 bits per heavy atom. The SMILES string of the molecule is CCCCCS(=O)(=O)NNC(=O)c1ccc2nc(C)n(Cc3ccc(CCc4ccccc4)cc3Cl)c2c1. The molecule has 1 heterocycles. The normalized spacial score (nSPS) is 11.7. The number of nitrogens with one attached hydrogen (secondary N) is 2. The highest BCUT2D eigenvalue weighted by atomic mass is 35.5. The molecular formula is C29H33ClN4O3S. The van der Waals surface area contributed by atoms with E-state index in [4.69, 9.17) is 11.6 Å². The van der Waals surface area contributed by atoms with Gasteiger partial charge in [-0.2, -0.15) is 0 Å². The number of imidazole rings is 1. The zero-order chi connectivity index (χ0) is 27.1. The van der Waals surface area contributed by atoms with E-state index in [2.05, 4.69) is 33.4 Å². The number of amides is 1. The fraction of sp³-hybridized carbons (Fsp3) is 0.310. The minimum Gasteiger partial charge on any atom is -0.324 e. The van der Waals surface area contributed by atoms with Gasteiger partial charge in [-0.05, 0) is 67.1 Å². The topological polar surface area (TPSA) is 93.1 Å². The number of benzene rings is 3.